The predicted octanol–water partition coefficient (Wildman–Crippen LogP) is 2.19. The topological polar surface area (TPSA) is 75.4 Å². The van der Waals surface area contributed by atoms with Crippen molar-refractivity contribution < 1.29 is 14.0 Å². The molecule has 1 aliphatic rings. The zero-order valence-corrected chi connectivity index (χ0v) is 14.4. The quantitative estimate of drug-likeness (QED) is 0.904. The van der Waals surface area contributed by atoms with Crippen LogP contribution >= 0.6 is 0 Å². The molecule has 2 amide bonds. The van der Waals surface area contributed by atoms with E-state index in [4.69, 9.17) is 4.42 Å². The van der Waals surface area contributed by atoms with Crippen molar-refractivity contribution in [3.63, 3.8) is 0 Å². The van der Waals surface area contributed by atoms with Gasteiger partial charge in [-0.15, -0.1) is 0 Å². The molecule has 0 atom stereocenters. The first-order valence-corrected chi connectivity index (χ1v) is 8.63. The van der Waals surface area contributed by atoms with Crippen molar-refractivity contribution >= 4 is 11.8 Å². The molecule has 0 spiro atoms. The van der Waals surface area contributed by atoms with Crippen LogP contribution in [0.3, 0.4) is 0 Å². The number of amides is 2. The number of aromatic nitrogens is 1. The van der Waals surface area contributed by atoms with Gasteiger partial charge < -0.3 is 14.6 Å². The number of hydrogen-bond acceptors (Lipinski definition) is 4. The highest BCUT2D eigenvalue weighted by Crippen LogP contribution is 2.21. The van der Waals surface area contributed by atoms with E-state index in [0.717, 1.165) is 32.4 Å². The van der Waals surface area contributed by atoms with Crippen LogP contribution in [-0.2, 0) is 11.2 Å². The van der Waals surface area contributed by atoms with Gasteiger partial charge in [-0.2, -0.15) is 0 Å². The van der Waals surface area contributed by atoms with E-state index in [0.29, 0.717) is 11.7 Å². The lowest BCUT2D eigenvalue weighted by Gasteiger charge is -2.32. The number of nitrogens with zero attached hydrogens (tertiary/aromatic N) is 2. The first-order valence-electron chi connectivity index (χ1n) is 8.63. The number of likely N-dealkylation sites (tertiary alicyclic amines) is 1. The Balaban J connectivity index is 1.42. The van der Waals surface area contributed by atoms with Crippen molar-refractivity contribution in [2.75, 3.05) is 19.6 Å². The number of benzene rings is 1. The molecule has 6 heteroatoms. The maximum atomic E-state index is 12.3. The van der Waals surface area contributed by atoms with Crippen LogP contribution in [0, 0.1) is 12.8 Å². The van der Waals surface area contributed by atoms with Crippen LogP contribution in [0.1, 0.15) is 34.7 Å². The van der Waals surface area contributed by atoms with E-state index < -0.39 is 0 Å². The van der Waals surface area contributed by atoms with Crippen molar-refractivity contribution in [2.45, 2.75) is 26.2 Å². The third-order valence-corrected chi connectivity index (χ3v) is 4.69. The standard InChI is InChI=1S/C19H23N3O3/c1-14-18(21-13-25-14)19(24)20-12-17(23)22-9-7-16(8-10-22)11-15-5-3-2-4-6-15/h2-6,13,16H,7-12H2,1H3,(H,20,24). The molecule has 0 aliphatic carbocycles. The van der Waals surface area contributed by atoms with Crippen molar-refractivity contribution in [2.24, 2.45) is 5.92 Å². The summed E-state index contributed by atoms with van der Waals surface area (Å²) >= 11 is 0. The summed E-state index contributed by atoms with van der Waals surface area (Å²) in [6.45, 7) is 3.15. The van der Waals surface area contributed by atoms with Gasteiger partial charge in [-0.3, -0.25) is 9.59 Å². The minimum atomic E-state index is -0.376. The molecule has 0 saturated carbocycles. The molecule has 1 aromatic heterocycles. The van der Waals surface area contributed by atoms with E-state index in [9.17, 15) is 9.59 Å². The van der Waals surface area contributed by atoms with Crippen molar-refractivity contribution in [1.29, 1.82) is 0 Å². The van der Waals surface area contributed by atoms with Gasteiger partial charge in [0.25, 0.3) is 5.91 Å². The number of rotatable bonds is 5. The molecule has 132 valence electrons. The Bertz CT molecular complexity index is 719. The average molecular weight is 341 g/mol. The van der Waals surface area contributed by atoms with Gasteiger partial charge in [0.05, 0.1) is 6.54 Å². The Morgan fingerprint density at radius 1 is 1.24 bits per heavy atom. The Morgan fingerprint density at radius 2 is 1.96 bits per heavy atom. The maximum absolute atomic E-state index is 12.3. The molecule has 25 heavy (non-hydrogen) atoms. The van der Waals surface area contributed by atoms with Gasteiger partial charge in [0, 0.05) is 13.1 Å². The first-order chi connectivity index (χ1) is 12.1. The first kappa shape index (κ1) is 17.2. The lowest BCUT2D eigenvalue weighted by molar-refractivity contribution is -0.131. The SMILES string of the molecule is Cc1ocnc1C(=O)NCC(=O)N1CCC(Cc2ccccc2)CC1. The van der Waals surface area contributed by atoms with Gasteiger partial charge >= 0.3 is 0 Å². The monoisotopic (exact) mass is 341 g/mol. The molecule has 6 nitrogen and oxygen atoms in total. The normalized spacial score (nSPS) is 15.2. The molecular formula is C19H23N3O3. The summed E-state index contributed by atoms with van der Waals surface area (Å²) in [5, 5.41) is 2.62. The van der Waals surface area contributed by atoms with Gasteiger partial charge in [0.1, 0.15) is 5.76 Å². The van der Waals surface area contributed by atoms with Crippen LogP contribution in [0.2, 0.25) is 0 Å². The second-order valence-corrected chi connectivity index (χ2v) is 6.45. The summed E-state index contributed by atoms with van der Waals surface area (Å²) in [6, 6.07) is 10.5. The van der Waals surface area contributed by atoms with Gasteiger partial charge in [-0.25, -0.2) is 4.98 Å². The average Bonchev–Trinajstić information content (AvgIpc) is 3.07. The molecule has 1 saturated heterocycles. The minimum absolute atomic E-state index is 0.00547. The number of piperidine rings is 1. The second-order valence-electron chi connectivity index (χ2n) is 6.45. The smallest absolute Gasteiger partial charge is 0.273 e. The summed E-state index contributed by atoms with van der Waals surface area (Å²) in [7, 11) is 0. The summed E-state index contributed by atoms with van der Waals surface area (Å²) in [5.74, 6) is 0.636. The van der Waals surface area contributed by atoms with E-state index in [-0.39, 0.29) is 24.1 Å². The number of carbonyl (C=O) groups is 2. The molecular weight excluding hydrogens is 318 g/mol. The zero-order chi connectivity index (χ0) is 17.6. The third kappa shape index (κ3) is 4.47. The molecule has 2 heterocycles. The number of nitrogens with one attached hydrogen (secondary N) is 1. The zero-order valence-electron chi connectivity index (χ0n) is 14.4. The fourth-order valence-electron chi connectivity index (χ4n) is 3.21. The van der Waals surface area contributed by atoms with Gasteiger partial charge in [-0.1, -0.05) is 30.3 Å². The van der Waals surface area contributed by atoms with Crippen LogP contribution in [0.25, 0.3) is 0 Å². The van der Waals surface area contributed by atoms with E-state index in [1.807, 2.05) is 11.0 Å². The van der Waals surface area contributed by atoms with Crippen molar-refractivity contribution in [1.82, 2.24) is 15.2 Å². The second kappa shape index (κ2) is 7.96. The number of aryl methyl sites for hydroxylation is 1. The maximum Gasteiger partial charge on any atom is 0.273 e. The van der Waals surface area contributed by atoms with Crippen LogP contribution in [0.5, 0.6) is 0 Å². The molecule has 1 fully saturated rings. The summed E-state index contributed by atoms with van der Waals surface area (Å²) in [4.78, 5) is 29.9. The highest BCUT2D eigenvalue weighted by molar-refractivity contribution is 5.95. The summed E-state index contributed by atoms with van der Waals surface area (Å²) in [6.07, 6.45) is 4.28. The van der Waals surface area contributed by atoms with Crippen LogP contribution < -0.4 is 5.32 Å². The van der Waals surface area contributed by atoms with Crippen molar-refractivity contribution in [3.8, 4) is 0 Å². The van der Waals surface area contributed by atoms with Gasteiger partial charge in [-0.05, 0) is 37.7 Å². The largest absolute Gasteiger partial charge is 0.448 e. The van der Waals surface area contributed by atoms with E-state index in [2.05, 4.69) is 34.6 Å². The lowest BCUT2D eigenvalue weighted by Crippen LogP contribution is -2.44. The van der Waals surface area contributed by atoms with Crippen LogP contribution in [0.15, 0.2) is 41.1 Å². The fourth-order valence-corrected chi connectivity index (χ4v) is 3.21. The van der Waals surface area contributed by atoms with Crippen molar-refractivity contribution in [3.05, 3.63) is 53.7 Å². The Morgan fingerprint density at radius 3 is 2.60 bits per heavy atom. The van der Waals surface area contributed by atoms with Gasteiger partial charge in [0.2, 0.25) is 5.91 Å². The van der Waals surface area contributed by atoms with E-state index >= 15 is 0 Å². The summed E-state index contributed by atoms with van der Waals surface area (Å²) < 4.78 is 5.00. The highest BCUT2D eigenvalue weighted by Gasteiger charge is 2.23. The molecule has 1 aromatic carbocycles. The molecule has 0 radical (unpaired) electrons. The third-order valence-electron chi connectivity index (χ3n) is 4.69. The Kier molecular flexibility index (Phi) is 5.48. The lowest BCUT2D eigenvalue weighted by atomic mass is 9.90. The Labute approximate surface area is 147 Å². The van der Waals surface area contributed by atoms with Gasteiger partial charge in [0.15, 0.2) is 12.1 Å². The molecule has 3 rings (SSSR count). The fraction of sp³-hybridized carbons (Fsp3) is 0.421. The molecule has 1 aliphatic heterocycles. The molecule has 0 bridgehead atoms. The number of hydrogen-bond donors (Lipinski definition) is 1. The van der Waals surface area contributed by atoms with Crippen LogP contribution in [0.4, 0.5) is 0 Å². The Hall–Kier alpha value is -2.63. The van der Waals surface area contributed by atoms with E-state index in [1.165, 1.54) is 12.0 Å². The van der Waals surface area contributed by atoms with Crippen LogP contribution in [-0.4, -0.2) is 41.3 Å². The molecule has 0 unspecified atom stereocenters. The highest BCUT2D eigenvalue weighted by atomic mass is 16.3. The molecule has 1 N–H and O–H groups in total. The molecule has 2 aromatic rings. The minimum Gasteiger partial charge on any atom is -0.448 e. The van der Waals surface area contributed by atoms with E-state index in [1.54, 1.807) is 6.92 Å². The number of oxazole rings is 1. The summed E-state index contributed by atoms with van der Waals surface area (Å²) in [5.41, 5.74) is 1.58. The predicted molar refractivity (Wildman–Crippen MR) is 93.0 cm³/mol. The number of carbonyl (C=O) groups excluding carboxylic acids is 2.